The molecule has 7 heteroatoms. The Kier molecular flexibility index (Phi) is 3.60. The molecule has 5 nitrogen and oxygen atoms in total. The van der Waals surface area contributed by atoms with Gasteiger partial charge >= 0.3 is 0 Å². The molecule has 0 heterocycles. The largest absolute Gasteiger partial charge is 0.282 e. The van der Waals surface area contributed by atoms with Crippen LogP contribution in [0.15, 0.2) is 12.1 Å². The molecular weight excluding hydrogens is 334 g/mol. The van der Waals surface area contributed by atoms with Gasteiger partial charge in [-0.15, -0.1) is 0 Å². The summed E-state index contributed by atoms with van der Waals surface area (Å²) in [6.45, 7) is 0. The van der Waals surface area contributed by atoms with Gasteiger partial charge in [-0.25, -0.2) is 0 Å². The molecular formula is C8H2ClIN2O3. The van der Waals surface area contributed by atoms with Crippen molar-refractivity contribution in [3.8, 4) is 6.07 Å². The van der Waals surface area contributed by atoms with E-state index in [1.54, 1.807) is 22.6 Å². The van der Waals surface area contributed by atoms with Gasteiger partial charge in [-0.3, -0.25) is 14.9 Å². The summed E-state index contributed by atoms with van der Waals surface area (Å²) in [5, 5.41) is 18.3. The van der Waals surface area contributed by atoms with E-state index in [0.717, 1.165) is 6.07 Å². The van der Waals surface area contributed by atoms with Gasteiger partial charge in [0.05, 0.1) is 10.5 Å². The molecule has 1 rings (SSSR count). The van der Waals surface area contributed by atoms with E-state index < -0.39 is 15.9 Å². The Labute approximate surface area is 103 Å². The van der Waals surface area contributed by atoms with Crippen molar-refractivity contribution in [3.63, 3.8) is 0 Å². The molecule has 0 fully saturated rings. The molecule has 0 aliphatic heterocycles. The van der Waals surface area contributed by atoms with E-state index in [4.69, 9.17) is 16.9 Å². The molecule has 76 valence electrons. The number of hydrogen-bond donors (Lipinski definition) is 0. The number of benzene rings is 1. The number of rotatable bonds is 2. The van der Waals surface area contributed by atoms with Gasteiger partial charge in [0.2, 0.25) is 0 Å². The van der Waals surface area contributed by atoms with Crippen LogP contribution in [0.25, 0.3) is 0 Å². The van der Waals surface area contributed by atoms with Crippen LogP contribution >= 0.6 is 34.2 Å². The number of nitro benzene ring substituents is 1. The van der Waals surface area contributed by atoms with Crippen LogP contribution in [0.4, 0.5) is 5.69 Å². The molecule has 0 atom stereocenters. The lowest BCUT2D eigenvalue weighted by Gasteiger charge is -2.01. The predicted molar refractivity (Wildman–Crippen MR) is 60.7 cm³/mol. The van der Waals surface area contributed by atoms with Crippen molar-refractivity contribution in [2.24, 2.45) is 0 Å². The fourth-order valence-electron chi connectivity index (χ4n) is 0.991. The molecule has 0 aliphatic rings. The molecule has 0 spiro atoms. The third-order valence-electron chi connectivity index (χ3n) is 1.63. The lowest BCUT2D eigenvalue weighted by atomic mass is 10.1. The van der Waals surface area contributed by atoms with Gasteiger partial charge in [0, 0.05) is 9.64 Å². The second-order valence-electron chi connectivity index (χ2n) is 2.46. The Balaban J connectivity index is 3.60. The van der Waals surface area contributed by atoms with Crippen LogP contribution in [0, 0.1) is 25.0 Å². The summed E-state index contributed by atoms with van der Waals surface area (Å²) in [5.74, 6) is 0. The molecule has 0 unspecified atom stereocenters. The predicted octanol–water partition coefficient (Wildman–Crippen LogP) is 2.45. The zero-order valence-corrected chi connectivity index (χ0v) is 9.94. The van der Waals surface area contributed by atoms with Gasteiger partial charge in [-0.05, 0) is 40.3 Å². The van der Waals surface area contributed by atoms with E-state index in [0.29, 0.717) is 0 Å². The fraction of sp³-hybridized carbons (Fsp3) is 0. The van der Waals surface area contributed by atoms with Gasteiger partial charge < -0.3 is 0 Å². The Morgan fingerprint density at radius 3 is 2.60 bits per heavy atom. The van der Waals surface area contributed by atoms with Crippen molar-refractivity contribution in [2.75, 3.05) is 0 Å². The van der Waals surface area contributed by atoms with Gasteiger partial charge in [-0.2, -0.15) is 5.26 Å². The highest BCUT2D eigenvalue weighted by Crippen LogP contribution is 2.28. The number of nitrogens with zero attached hydrogens (tertiary/aromatic N) is 2. The van der Waals surface area contributed by atoms with Crippen LogP contribution < -0.4 is 0 Å². The maximum absolute atomic E-state index is 11.0. The van der Waals surface area contributed by atoms with Crippen LogP contribution in [0.2, 0.25) is 0 Å². The minimum atomic E-state index is -0.941. The van der Waals surface area contributed by atoms with Crippen molar-refractivity contribution in [1.82, 2.24) is 0 Å². The number of nitriles is 1. The van der Waals surface area contributed by atoms with E-state index >= 15 is 0 Å². The molecule has 0 saturated carbocycles. The summed E-state index contributed by atoms with van der Waals surface area (Å²) in [6.07, 6.45) is 0. The van der Waals surface area contributed by atoms with Gasteiger partial charge in [0.1, 0.15) is 11.6 Å². The van der Waals surface area contributed by atoms with E-state index in [1.165, 1.54) is 6.07 Å². The minimum absolute atomic E-state index is 0.185. The van der Waals surface area contributed by atoms with Gasteiger partial charge in [-0.1, -0.05) is 0 Å². The Morgan fingerprint density at radius 2 is 2.20 bits per heavy atom. The smallest absolute Gasteiger partial charge is 0.275 e. The topological polar surface area (TPSA) is 84.0 Å². The Bertz CT molecular complexity index is 495. The first kappa shape index (κ1) is 11.9. The van der Waals surface area contributed by atoms with Crippen molar-refractivity contribution < 1.29 is 9.72 Å². The summed E-state index contributed by atoms with van der Waals surface area (Å²) < 4.78 is 0.198. The summed E-state index contributed by atoms with van der Waals surface area (Å²) in [5.41, 5.74) is -0.440. The Hall–Kier alpha value is -1.20. The molecule has 0 bridgehead atoms. The van der Waals surface area contributed by atoms with Crippen molar-refractivity contribution >= 4 is 45.1 Å². The maximum Gasteiger partial charge on any atom is 0.282 e. The lowest BCUT2D eigenvalue weighted by molar-refractivity contribution is -0.385. The van der Waals surface area contributed by atoms with E-state index in [1.807, 2.05) is 6.07 Å². The Morgan fingerprint density at radius 1 is 1.60 bits per heavy atom. The number of carbonyl (C=O) groups is 1. The molecule has 0 amide bonds. The van der Waals surface area contributed by atoms with Crippen LogP contribution in [0.3, 0.4) is 0 Å². The quantitative estimate of drug-likeness (QED) is 0.359. The third kappa shape index (κ3) is 2.24. The number of carbonyl (C=O) groups excluding carboxylic acids is 1. The van der Waals surface area contributed by atoms with Crippen LogP contribution in [0.1, 0.15) is 15.9 Å². The first-order chi connectivity index (χ1) is 6.99. The van der Waals surface area contributed by atoms with Crippen molar-refractivity contribution in [2.45, 2.75) is 0 Å². The summed E-state index contributed by atoms with van der Waals surface area (Å²) in [6, 6.07) is 4.19. The molecule has 0 radical (unpaired) electrons. The zero-order valence-electron chi connectivity index (χ0n) is 7.03. The number of halogens is 2. The average molecular weight is 336 g/mol. The summed E-state index contributed by atoms with van der Waals surface area (Å²) >= 11 is 6.91. The van der Waals surface area contributed by atoms with Gasteiger partial charge in [0.25, 0.3) is 10.9 Å². The highest BCUT2D eigenvalue weighted by molar-refractivity contribution is 14.1. The monoisotopic (exact) mass is 336 g/mol. The molecule has 1 aromatic rings. The molecule has 0 N–H and O–H groups in total. The van der Waals surface area contributed by atoms with Crippen molar-refractivity contribution in [1.29, 1.82) is 5.26 Å². The fourth-order valence-corrected chi connectivity index (χ4v) is 2.16. The number of nitro groups is 1. The van der Waals surface area contributed by atoms with E-state index in [-0.39, 0.29) is 14.7 Å². The number of hydrogen-bond acceptors (Lipinski definition) is 4. The van der Waals surface area contributed by atoms with E-state index in [2.05, 4.69) is 0 Å². The molecule has 15 heavy (non-hydrogen) atoms. The summed E-state index contributed by atoms with van der Waals surface area (Å²) in [4.78, 5) is 20.9. The zero-order chi connectivity index (χ0) is 11.6. The average Bonchev–Trinajstić information content (AvgIpc) is 2.16. The second kappa shape index (κ2) is 4.55. The maximum atomic E-state index is 11.0. The molecule has 0 aromatic heterocycles. The third-order valence-corrected chi connectivity index (χ3v) is 2.94. The lowest BCUT2D eigenvalue weighted by Crippen LogP contribution is -2.03. The van der Waals surface area contributed by atoms with E-state index in [9.17, 15) is 14.9 Å². The minimum Gasteiger partial charge on any atom is -0.275 e. The first-order valence-corrected chi connectivity index (χ1v) is 5.01. The molecule has 0 aliphatic carbocycles. The standard InChI is InChI=1S/C8H2ClIN2O3/c9-8(13)6-5(12(14)15)2-1-4(3-11)7(6)10/h1-2H. The summed E-state index contributed by atoms with van der Waals surface area (Å²) in [7, 11) is 0. The SMILES string of the molecule is N#Cc1ccc([N+](=O)[O-])c(C(=O)Cl)c1I. The van der Waals surface area contributed by atoms with Gasteiger partial charge in [0.15, 0.2) is 0 Å². The van der Waals surface area contributed by atoms with Crippen molar-refractivity contribution in [3.05, 3.63) is 36.9 Å². The van der Waals surface area contributed by atoms with Crippen LogP contribution in [0.5, 0.6) is 0 Å². The highest BCUT2D eigenvalue weighted by Gasteiger charge is 2.23. The van der Waals surface area contributed by atoms with Crippen LogP contribution in [-0.4, -0.2) is 10.2 Å². The highest BCUT2D eigenvalue weighted by atomic mass is 127. The van der Waals surface area contributed by atoms with Crippen LogP contribution in [-0.2, 0) is 0 Å². The molecule has 1 aromatic carbocycles. The molecule has 0 saturated heterocycles. The normalized spacial score (nSPS) is 9.40. The first-order valence-electron chi connectivity index (χ1n) is 3.56. The second-order valence-corrected chi connectivity index (χ2v) is 3.89.